The summed E-state index contributed by atoms with van der Waals surface area (Å²) in [6.07, 6.45) is 2.39. The number of carbonyl (C=O) groups excluding carboxylic acids is 2. The average Bonchev–Trinajstić information content (AvgIpc) is 2.93. The first-order valence-corrected chi connectivity index (χ1v) is 9.65. The minimum atomic E-state index is -0.253. The zero-order valence-electron chi connectivity index (χ0n) is 16.1. The number of ether oxygens (including phenoxy) is 3. The van der Waals surface area contributed by atoms with E-state index < -0.39 is 0 Å². The monoisotopic (exact) mass is 378 g/mol. The van der Waals surface area contributed by atoms with Gasteiger partial charge in [0, 0.05) is 6.54 Å². The van der Waals surface area contributed by atoms with Crippen molar-refractivity contribution in [2.75, 3.05) is 59.3 Å². The van der Waals surface area contributed by atoms with Crippen molar-refractivity contribution >= 4 is 11.8 Å². The first-order valence-electron chi connectivity index (χ1n) is 9.65. The molecule has 1 aromatic carbocycles. The molecule has 0 fully saturated rings. The molecule has 150 valence electrons. The molecular formula is C20H30N2O5. The Balaban J connectivity index is 1.43. The van der Waals surface area contributed by atoms with Crippen molar-refractivity contribution in [2.45, 2.75) is 19.8 Å². The summed E-state index contributed by atoms with van der Waals surface area (Å²) in [7, 11) is 0. The van der Waals surface area contributed by atoms with Crippen LogP contribution in [0.4, 0.5) is 0 Å². The van der Waals surface area contributed by atoms with E-state index in [9.17, 15) is 9.59 Å². The van der Waals surface area contributed by atoms with Gasteiger partial charge in [-0.1, -0.05) is 25.5 Å². The Morgan fingerprint density at radius 1 is 0.815 bits per heavy atom. The third-order valence-electron chi connectivity index (χ3n) is 4.21. The molecule has 1 aliphatic heterocycles. The molecule has 0 atom stereocenters. The van der Waals surface area contributed by atoms with Crippen LogP contribution in [0.5, 0.6) is 0 Å². The SMILES string of the molecule is CCCCNCCOCCOCCOCCN1C(=O)c2ccccc2C1=O. The molecule has 27 heavy (non-hydrogen) atoms. The smallest absolute Gasteiger partial charge is 0.261 e. The molecule has 1 heterocycles. The Hall–Kier alpha value is -1.80. The Morgan fingerprint density at radius 2 is 1.37 bits per heavy atom. The van der Waals surface area contributed by atoms with E-state index in [1.54, 1.807) is 24.3 Å². The Bertz CT molecular complexity index is 558. The van der Waals surface area contributed by atoms with Crippen molar-refractivity contribution in [3.05, 3.63) is 35.4 Å². The molecule has 1 aliphatic rings. The Kier molecular flexibility index (Phi) is 10.0. The molecular weight excluding hydrogens is 348 g/mol. The lowest BCUT2D eigenvalue weighted by Gasteiger charge is -2.13. The molecule has 0 spiro atoms. The first-order chi connectivity index (χ1) is 13.3. The molecule has 0 aromatic heterocycles. The highest BCUT2D eigenvalue weighted by atomic mass is 16.5. The van der Waals surface area contributed by atoms with Crippen LogP contribution in [0.1, 0.15) is 40.5 Å². The van der Waals surface area contributed by atoms with E-state index in [0.29, 0.717) is 50.8 Å². The van der Waals surface area contributed by atoms with E-state index in [-0.39, 0.29) is 18.4 Å². The van der Waals surface area contributed by atoms with Crippen molar-refractivity contribution in [2.24, 2.45) is 0 Å². The Morgan fingerprint density at radius 3 is 1.96 bits per heavy atom. The summed E-state index contributed by atoms with van der Waals surface area (Å²) in [6, 6.07) is 6.86. The second-order valence-corrected chi connectivity index (χ2v) is 6.25. The number of nitrogens with zero attached hydrogens (tertiary/aromatic N) is 1. The van der Waals surface area contributed by atoms with Crippen molar-refractivity contribution in [3.8, 4) is 0 Å². The third kappa shape index (κ3) is 7.03. The number of benzene rings is 1. The number of unbranched alkanes of at least 4 members (excludes halogenated alkanes) is 1. The maximum atomic E-state index is 12.2. The molecule has 2 amide bonds. The predicted octanol–water partition coefficient (Wildman–Crippen LogP) is 1.72. The van der Waals surface area contributed by atoms with Gasteiger partial charge in [0.2, 0.25) is 0 Å². The van der Waals surface area contributed by atoms with E-state index in [2.05, 4.69) is 12.2 Å². The highest BCUT2D eigenvalue weighted by Crippen LogP contribution is 2.21. The maximum Gasteiger partial charge on any atom is 0.261 e. The number of carbonyl (C=O) groups is 2. The van der Waals surface area contributed by atoms with E-state index in [0.717, 1.165) is 13.1 Å². The molecule has 0 unspecified atom stereocenters. The second-order valence-electron chi connectivity index (χ2n) is 6.25. The minimum absolute atomic E-state index is 0.250. The summed E-state index contributed by atoms with van der Waals surface area (Å²) < 4.78 is 16.3. The van der Waals surface area contributed by atoms with E-state index in [1.807, 2.05) is 0 Å². The summed E-state index contributed by atoms with van der Waals surface area (Å²) in [5.74, 6) is -0.506. The minimum Gasteiger partial charge on any atom is -0.378 e. The molecule has 7 nitrogen and oxygen atoms in total. The summed E-state index contributed by atoms with van der Waals surface area (Å²) in [4.78, 5) is 25.6. The van der Waals surface area contributed by atoms with Gasteiger partial charge in [0.05, 0.1) is 57.3 Å². The van der Waals surface area contributed by atoms with Gasteiger partial charge in [-0.15, -0.1) is 0 Å². The van der Waals surface area contributed by atoms with E-state index in [4.69, 9.17) is 14.2 Å². The van der Waals surface area contributed by atoms with Crippen LogP contribution < -0.4 is 5.32 Å². The normalized spacial score (nSPS) is 13.4. The van der Waals surface area contributed by atoms with Crippen LogP contribution in [0.25, 0.3) is 0 Å². The summed E-state index contributed by atoms with van der Waals surface area (Å²) in [5, 5.41) is 3.31. The fourth-order valence-corrected chi connectivity index (χ4v) is 2.71. The lowest BCUT2D eigenvalue weighted by Crippen LogP contribution is -2.33. The molecule has 0 aliphatic carbocycles. The van der Waals surface area contributed by atoms with Gasteiger partial charge in [-0.25, -0.2) is 0 Å². The molecule has 7 heteroatoms. The molecule has 2 rings (SSSR count). The first kappa shape index (κ1) is 21.5. The van der Waals surface area contributed by atoms with Crippen LogP contribution >= 0.6 is 0 Å². The van der Waals surface area contributed by atoms with Crippen LogP contribution in [0.15, 0.2) is 24.3 Å². The van der Waals surface area contributed by atoms with Crippen LogP contribution in [-0.4, -0.2) is 76.0 Å². The highest BCUT2D eigenvalue weighted by molar-refractivity contribution is 6.21. The summed E-state index contributed by atoms with van der Waals surface area (Å²) >= 11 is 0. The van der Waals surface area contributed by atoms with Gasteiger partial charge >= 0.3 is 0 Å². The zero-order chi connectivity index (χ0) is 19.3. The third-order valence-corrected chi connectivity index (χ3v) is 4.21. The van der Waals surface area contributed by atoms with Crippen molar-refractivity contribution in [3.63, 3.8) is 0 Å². The zero-order valence-corrected chi connectivity index (χ0v) is 16.1. The number of amides is 2. The highest BCUT2D eigenvalue weighted by Gasteiger charge is 2.34. The number of hydrogen-bond acceptors (Lipinski definition) is 6. The lowest BCUT2D eigenvalue weighted by molar-refractivity contribution is 0.0117. The van der Waals surface area contributed by atoms with Gasteiger partial charge in [-0.2, -0.15) is 0 Å². The van der Waals surface area contributed by atoms with Crippen molar-refractivity contribution in [1.29, 1.82) is 0 Å². The number of rotatable bonds is 15. The van der Waals surface area contributed by atoms with Crippen molar-refractivity contribution in [1.82, 2.24) is 10.2 Å². The second kappa shape index (κ2) is 12.6. The van der Waals surface area contributed by atoms with Gasteiger partial charge < -0.3 is 19.5 Å². The van der Waals surface area contributed by atoms with Crippen LogP contribution in [0.2, 0.25) is 0 Å². The molecule has 0 saturated carbocycles. The summed E-state index contributed by atoms with van der Waals surface area (Å²) in [5.41, 5.74) is 0.929. The predicted molar refractivity (Wildman–Crippen MR) is 102 cm³/mol. The maximum absolute atomic E-state index is 12.2. The molecule has 0 radical (unpaired) electrons. The largest absolute Gasteiger partial charge is 0.378 e. The topological polar surface area (TPSA) is 77.1 Å². The van der Waals surface area contributed by atoms with Gasteiger partial charge in [-0.3, -0.25) is 14.5 Å². The number of nitrogens with one attached hydrogen (secondary N) is 1. The Labute approximate surface area is 161 Å². The van der Waals surface area contributed by atoms with Crippen LogP contribution in [-0.2, 0) is 14.2 Å². The molecule has 0 bridgehead atoms. The molecule has 1 aromatic rings. The van der Waals surface area contributed by atoms with Crippen LogP contribution in [0.3, 0.4) is 0 Å². The fraction of sp³-hybridized carbons (Fsp3) is 0.600. The summed E-state index contributed by atoms with van der Waals surface area (Å²) in [6.45, 7) is 7.27. The van der Waals surface area contributed by atoms with E-state index >= 15 is 0 Å². The average molecular weight is 378 g/mol. The molecule has 1 N–H and O–H groups in total. The van der Waals surface area contributed by atoms with Crippen LogP contribution in [0, 0.1) is 0 Å². The quantitative estimate of drug-likeness (QED) is 0.370. The number of imide groups is 1. The molecule has 0 saturated heterocycles. The van der Waals surface area contributed by atoms with E-state index in [1.165, 1.54) is 17.7 Å². The van der Waals surface area contributed by atoms with Gasteiger partial charge in [0.25, 0.3) is 11.8 Å². The fourth-order valence-electron chi connectivity index (χ4n) is 2.71. The standard InChI is InChI=1S/C20H30N2O5/c1-2-3-8-21-9-11-25-13-15-27-16-14-26-12-10-22-19(23)17-6-4-5-7-18(17)20(22)24/h4-7,21H,2-3,8-16H2,1H3. The number of hydrogen-bond donors (Lipinski definition) is 1. The lowest BCUT2D eigenvalue weighted by atomic mass is 10.1. The number of fused-ring (bicyclic) bond motifs is 1. The van der Waals surface area contributed by atoms with Gasteiger partial charge in [0.1, 0.15) is 0 Å². The van der Waals surface area contributed by atoms with Crippen molar-refractivity contribution < 1.29 is 23.8 Å². The van der Waals surface area contributed by atoms with Gasteiger partial charge in [0.15, 0.2) is 0 Å². The van der Waals surface area contributed by atoms with Gasteiger partial charge in [-0.05, 0) is 25.1 Å².